The van der Waals surface area contributed by atoms with Crippen molar-refractivity contribution in [2.24, 2.45) is 0 Å². The molecule has 0 saturated carbocycles. The van der Waals surface area contributed by atoms with Gasteiger partial charge in [-0.15, -0.1) is 0 Å². The number of nitrogens with one attached hydrogen (secondary N) is 1. The van der Waals surface area contributed by atoms with E-state index in [0.717, 1.165) is 44.0 Å². The van der Waals surface area contributed by atoms with Crippen LogP contribution in [0, 0.1) is 0 Å². The highest BCUT2D eigenvalue weighted by Gasteiger charge is 2.48. The fraction of sp³-hybridized carbons (Fsp3) is 0.733. The molecule has 1 N–H and O–H groups in total. The summed E-state index contributed by atoms with van der Waals surface area (Å²) >= 11 is 0. The Morgan fingerprint density at radius 3 is 3.05 bits per heavy atom. The summed E-state index contributed by atoms with van der Waals surface area (Å²) in [6.45, 7) is 5.51. The molecule has 2 fully saturated rings. The van der Waals surface area contributed by atoms with Crippen molar-refractivity contribution in [3.63, 3.8) is 0 Å². The van der Waals surface area contributed by atoms with Gasteiger partial charge in [-0.25, -0.2) is 9.78 Å². The number of rotatable bonds is 5. The first-order chi connectivity index (χ1) is 10.1. The monoisotopic (exact) mass is 292 g/mol. The van der Waals surface area contributed by atoms with Crippen LogP contribution in [0.25, 0.3) is 0 Å². The van der Waals surface area contributed by atoms with Gasteiger partial charge in [-0.1, -0.05) is 13.3 Å². The molecule has 116 valence electrons. The first kappa shape index (κ1) is 14.4. The van der Waals surface area contributed by atoms with E-state index in [9.17, 15) is 4.79 Å². The van der Waals surface area contributed by atoms with Gasteiger partial charge in [0, 0.05) is 51.4 Å². The third-order valence-electron chi connectivity index (χ3n) is 4.38. The molecular weight excluding hydrogens is 268 g/mol. The quantitative estimate of drug-likeness (QED) is 0.898. The molecule has 2 saturated heterocycles. The van der Waals surface area contributed by atoms with E-state index >= 15 is 0 Å². The number of carbonyl (C=O) groups is 1. The van der Waals surface area contributed by atoms with Crippen LogP contribution in [0.3, 0.4) is 0 Å². The van der Waals surface area contributed by atoms with Crippen LogP contribution in [0.4, 0.5) is 4.79 Å². The number of hydrogen-bond donors (Lipinski definition) is 1. The Labute approximate surface area is 125 Å². The molecule has 0 radical (unpaired) electrons. The van der Waals surface area contributed by atoms with Crippen molar-refractivity contribution >= 4 is 6.09 Å². The van der Waals surface area contributed by atoms with Gasteiger partial charge in [0.25, 0.3) is 0 Å². The van der Waals surface area contributed by atoms with Gasteiger partial charge in [0.15, 0.2) is 0 Å². The number of ether oxygens (including phenoxy) is 1. The van der Waals surface area contributed by atoms with Crippen molar-refractivity contribution < 1.29 is 9.53 Å². The van der Waals surface area contributed by atoms with E-state index < -0.39 is 0 Å². The Kier molecular flexibility index (Phi) is 3.89. The number of hydrogen-bond acceptors (Lipinski definition) is 4. The van der Waals surface area contributed by atoms with Gasteiger partial charge >= 0.3 is 6.09 Å². The topological polar surface area (TPSA) is 61.5 Å². The predicted octanol–water partition coefficient (Wildman–Crippen LogP) is 1.78. The smallest absolute Gasteiger partial charge is 0.410 e. The lowest BCUT2D eigenvalue weighted by Gasteiger charge is -2.21. The van der Waals surface area contributed by atoms with Crippen LogP contribution in [-0.4, -0.2) is 58.1 Å². The lowest BCUT2D eigenvalue weighted by atomic mass is 10.0. The normalized spacial score (nSPS) is 26.0. The van der Waals surface area contributed by atoms with Crippen molar-refractivity contribution in [1.29, 1.82) is 0 Å². The predicted molar refractivity (Wildman–Crippen MR) is 78.9 cm³/mol. The molecule has 1 amide bonds. The van der Waals surface area contributed by atoms with Crippen LogP contribution in [0.5, 0.6) is 0 Å². The van der Waals surface area contributed by atoms with Crippen LogP contribution in [0.15, 0.2) is 6.20 Å². The van der Waals surface area contributed by atoms with Gasteiger partial charge < -0.3 is 14.6 Å². The molecule has 1 aromatic heterocycles. The van der Waals surface area contributed by atoms with Gasteiger partial charge in [-0.2, -0.15) is 0 Å². The number of likely N-dealkylation sites (tertiary alicyclic amines) is 1. The molecule has 1 atom stereocenters. The number of carbonyl (C=O) groups excluding carboxylic acids is 1. The second-order valence-corrected chi connectivity index (χ2v) is 6.33. The number of nitrogens with zero attached hydrogens (tertiary/aromatic N) is 3. The number of unbranched alkanes of at least 4 members (excludes halogenated alkanes) is 1. The molecule has 1 aromatic rings. The van der Waals surface area contributed by atoms with Crippen molar-refractivity contribution in [1.82, 2.24) is 19.8 Å². The third-order valence-corrected chi connectivity index (χ3v) is 4.38. The highest BCUT2D eigenvalue weighted by Crippen LogP contribution is 2.32. The lowest BCUT2D eigenvalue weighted by molar-refractivity contribution is 0.0626. The summed E-state index contributed by atoms with van der Waals surface area (Å²) in [6, 6.07) is 0. The maximum atomic E-state index is 11.6. The van der Waals surface area contributed by atoms with E-state index in [1.54, 1.807) is 11.9 Å². The van der Waals surface area contributed by atoms with Gasteiger partial charge in [-0.05, 0) is 6.42 Å². The Morgan fingerprint density at radius 2 is 2.33 bits per heavy atom. The van der Waals surface area contributed by atoms with Crippen LogP contribution in [0.2, 0.25) is 0 Å². The first-order valence-corrected chi connectivity index (χ1v) is 7.79. The molecule has 2 aliphatic heterocycles. The number of aryl methyl sites for hydroxylation is 1. The number of likely N-dealkylation sites (N-methyl/N-ethyl adjacent to an activating group) is 1. The van der Waals surface area contributed by atoms with Crippen LogP contribution in [-0.2, 0) is 17.7 Å². The molecule has 3 heterocycles. The minimum absolute atomic E-state index is 0.194. The molecule has 6 nitrogen and oxygen atoms in total. The molecule has 6 heteroatoms. The zero-order chi connectivity index (χ0) is 14.9. The molecule has 0 aliphatic carbocycles. The minimum atomic E-state index is -0.295. The first-order valence-electron chi connectivity index (χ1n) is 7.79. The SMILES string of the molecule is CCCCc1ncc(CN2CC[C@]3(C2)CN(C)C(=O)O3)[nH]1. The second-order valence-electron chi connectivity index (χ2n) is 6.33. The summed E-state index contributed by atoms with van der Waals surface area (Å²) in [5.74, 6) is 1.08. The van der Waals surface area contributed by atoms with Gasteiger partial charge in [-0.3, -0.25) is 4.90 Å². The molecule has 1 spiro atoms. The van der Waals surface area contributed by atoms with Crippen LogP contribution < -0.4 is 0 Å². The third kappa shape index (κ3) is 3.05. The van der Waals surface area contributed by atoms with E-state index in [-0.39, 0.29) is 11.7 Å². The minimum Gasteiger partial charge on any atom is -0.439 e. The van der Waals surface area contributed by atoms with Crippen molar-refractivity contribution in [3.05, 3.63) is 17.7 Å². The molecular formula is C15H24N4O2. The van der Waals surface area contributed by atoms with E-state index in [1.165, 1.54) is 12.8 Å². The highest BCUT2D eigenvalue weighted by molar-refractivity contribution is 5.70. The Balaban J connectivity index is 1.55. The van der Waals surface area contributed by atoms with Crippen LogP contribution >= 0.6 is 0 Å². The summed E-state index contributed by atoms with van der Waals surface area (Å²) in [4.78, 5) is 23.4. The number of aromatic nitrogens is 2. The standard InChI is InChI=1S/C15H24N4O2/c1-3-4-5-13-16-8-12(17-13)9-19-7-6-15(11-19)10-18(2)14(20)21-15/h8H,3-7,9-11H2,1-2H3,(H,16,17)/t15-/m1/s1. The maximum Gasteiger partial charge on any atom is 0.410 e. The Morgan fingerprint density at radius 1 is 1.48 bits per heavy atom. The van der Waals surface area contributed by atoms with Gasteiger partial charge in [0.05, 0.1) is 6.54 Å². The van der Waals surface area contributed by atoms with Crippen LogP contribution in [0.1, 0.15) is 37.7 Å². The summed E-state index contributed by atoms with van der Waals surface area (Å²) in [5, 5.41) is 0. The molecule has 2 aliphatic rings. The van der Waals surface area contributed by atoms with E-state index in [4.69, 9.17) is 4.74 Å². The fourth-order valence-corrected chi connectivity index (χ4v) is 3.27. The lowest BCUT2D eigenvalue weighted by Crippen LogP contribution is -2.37. The molecule has 3 rings (SSSR count). The van der Waals surface area contributed by atoms with E-state index in [2.05, 4.69) is 21.8 Å². The summed E-state index contributed by atoms with van der Waals surface area (Å²) in [5.41, 5.74) is 0.854. The number of amides is 1. The molecule has 0 unspecified atom stereocenters. The average Bonchev–Trinajstić information content (AvgIpc) is 3.11. The summed E-state index contributed by atoms with van der Waals surface area (Å²) < 4.78 is 5.57. The van der Waals surface area contributed by atoms with E-state index in [1.807, 2.05) is 6.20 Å². The number of aromatic amines is 1. The van der Waals surface area contributed by atoms with Crippen molar-refractivity contribution in [3.8, 4) is 0 Å². The summed E-state index contributed by atoms with van der Waals surface area (Å²) in [7, 11) is 1.80. The number of H-pyrrole nitrogens is 1. The largest absolute Gasteiger partial charge is 0.439 e. The fourth-order valence-electron chi connectivity index (χ4n) is 3.27. The molecule has 0 bridgehead atoms. The van der Waals surface area contributed by atoms with Gasteiger partial charge in [0.1, 0.15) is 11.4 Å². The van der Waals surface area contributed by atoms with Crippen molar-refractivity contribution in [2.45, 2.75) is 44.8 Å². The second kappa shape index (κ2) is 5.67. The van der Waals surface area contributed by atoms with Crippen molar-refractivity contribution in [2.75, 3.05) is 26.7 Å². The highest BCUT2D eigenvalue weighted by atomic mass is 16.6. The van der Waals surface area contributed by atoms with Gasteiger partial charge in [0.2, 0.25) is 0 Å². The van der Waals surface area contributed by atoms with E-state index in [0.29, 0.717) is 6.54 Å². The molecule has 0 aromatic carbocycles. The summed E-state index contributed by atoms with van der Waals surface area (Å²) in [6.07, 6.45) is 6.03. The Bertz CT molecular complexity index is 516. The zero-order valence-electron chi connectivity index (χ0n) is 12.9. The number of imidazole rings is 1. The Hall–Kier alpha value is -1.56. The maximum absolute atomic E-state index is 11.6. The molecule has 21 heavy (non-hydrogen) atoms. The average molecular weight is 292 g/mol. The zero-order valence-corrected chi connectivity index (χ0v) is 12.9.